The van der Waals surface area contributed by atoms with E-state index >= 15 is 0 Å². The summed E-state index contributed by atoms with van der Waals surface area (Å²) in [6, 6.07) is 16.8. The second-order valence-electron chi connectivity index (χ2n) is 6.42. The summed E-state index contributed by atoms with van der Waals surface area (Å²) >= 11 is 1.82. The van der Waals surface area contributed by atoms with E-state index in [1.807, 2.05) is 11.8 Å². The second-order valence-corrected chi connectivity index (χ2v) is 7.50. The van der Waals surface area contributed by atoms with Gasteiger partial charge in [0.2, 0.25) is 5.91 Å². The Bertz CT molecular complexity index is 732. The molecule has 2 aliphatic rings. The summed E-state index contributed by atoms with van der Waals surface area (Å²) in [5.41, 5.74) is 2.48. The molecule has 0 aliphatic carbocycles. The maximum absolute atomic E-state index is 12.2. The normalized spacial score (nSPS) is 18.8. The predicted molar refractivity (Wildman–Crippen MR) is 104 cm³/mol. The van der Waals surface area contributed by atoms with Crippen LogP contribution in [0.4, 0.5) is 11.4 Å². The first-order valence-electron chi connectivity index (χ1n) is 9.05. The summed E-state index contributed by atoms with van der Waals surface area (Å²) in [7, 11) is 0. The maximum atomic E-state index is 12.2. The number of anilines is 2. The fourth-order valence-electron chi connectivity index (χ4n) is 3.33. The molecule has 4 rings (SSSR count). The molecule has 2 aromatic carbocycles. The molecule has 5 nitrogen and oxygen atoms in total. The van der Waals surface area contributed by atoms with Crippen molar-refractivity contribution >= 4 is 29.0 Å². The highest BCUT2D eigenvalue weighted by atomic mass is 32.2. The van der Waals surface area contributed by atoms with Crippen LogP contribution in [0, 0.1) is 0 Å². The van der Waals surface area contributed by atoms with Gasteiger partial charge < -0.3 is 20.3 Å². The number of fused-ring (bicyclic) bond motifs is 2. The smallest absolute Gasteiger partial charge is 0.239 e. The van der Waals surface area contributed by atoms with Crippen LogP contribution in [0.25, 0.3) is 0 Å². The van der Waals surface area contributed by atoms with E-state index in [1.165, 1.54) is 21.2 Å². The molecule has 2 aromatic rings. The maximum Gasteiger partial charge on any atom is 0.239 e. The number of carbonyl (C=O) groups excluding carboxylic acids is 1. The molecule has 6 heteroatoms. The minimum absolute atomic E-state index is 0.0275. The van der Waals surface area contributed by atoms with Crippen LogP contribution in [0.2, 0.25) is 0 Å². The molecule has 1 saturated heterocycles. The van der Waals surface area contributed by atoms with E-state index in [0.717, 1.165) is 19.5 Å². The molecule has 136 valence electrons. The number of para-hydroxylation sites is 2. The zero-order chi connectivity index (χ0) is 17.8. The van der Waals surface area contributed by atoms with Crippen LogP contribution in [0.3, 0.4) is 0 Å². The Balaban J connectivity index is 1.38. The molecule has 0 aromatic heterocycles. The SMILES string of the molecule is O=C(NCCCN1c2ccccc2Sc2ccccc21)C1COCCN1. The van der Waals surface area contributed by atoms with E-state index in [1.54, 1.807) is 0 Å². The highest BCUT2D eigenvalue weighted by molar-refractivity contribution is 7.99. The van der Waals surface area contributed by atoms with Gasteiger partial charge in [0.1, 0.15) is 6.04 Å². The number of rotatable bonds is 5. The van der Waals surface area contributed by atoms with E-state index < -0.39 is 0 Å². The molecule has 2 N–H and O–H groups in total. The number of benzene rings is 2. The van der Waals surface area contributed by atoms with E-state index in [-0.39, 0.29) is 11.9 Å². The average Bonchev–Trinajstić information content (AvgIpc) is 2.71. The summed E-state index contributed by atoms with van der Waals surface area (Å²) in [4.78, 5) is 17.1. The van der Waals surface area contributed by atoms with Gasteiger partial charge in [0, 0.05) is 29.4 Å². The average molecular weight is 369 g/mol. The number of ether oxygens (including phenoxy) is 1. The van der Waals surface area contributed by atoms with Crippen molar-refractivity contribution < 1.29 is 9.53 Å². The highest BCUT2D eigenvalue weighted by Crippen LogP contribution is 2.47. The Labute approximate surface area is 158 Å². The fraction of sp³-hybridized carbons (Fsp3) is 0.350. The number of hydrogen-bond acceptors (Lipinski definition) is 5. The minimum Gasteiger partial charge on any atom is -0.378 e. The van der Waals surface area contributed by atoms with Gasteiger partial charge in [0.05, 0.1) is 24.6 Å². The van der Waals surface area contributed by atoms with Crippen LogP contribution in [-0.2, 0) is 9.53 Å². The quantitative estimate of drug-likeness (QED) is 0.794. The van der Waals surface area contributed by atoms with Crippen molar-refractivity contribution in [2.24, 2.45) is 0 Å². The molecule has 0 bridgehead atoms. The molecule has 2 heterocycles. The molecule has 26 heavy (non-hydrogen) atoms. The van der Waals surface area contributed by atoms with Gasteiger partial charge in [-0.25, -0.2) is 0 Å². The summed E-state index contributed by atoms with van der Waals surface area (Å²) in [5.74, 6) is 0.0275. The zero-order valence-electron chi connectivity index (χ0n) is 14.6. The van der Waals surface area contributed by atoms with Crippen LogP contribution in [-0.4, -0.2) is 44.8 Å². The van der Waals surface area contributed by atoms with E-state index in [9.17, 15) is 4.79 Å². The van der Waals surface area contributed by atoms with Crippen LogP contribution < -0.4 is 15.5 Å². The third kappa shape index (κ3) is 3.72. The van der Waals surface area contributed by atoms with Gasteiger partial charge in [-0.3, -0.25) is 4.79 Å². The molecule has 0 radical (unpaired) electrons. The van der Waals surface area contributed by atoms with Crippen molar-refractivity contribution in [2.45, 2.75) is 22.3 Å². The van der Waals surface area contributed by atoms with Gasteiger partial charge in [0.15, 0.2) is 0 Å². The van der Waals surface area contributed by atoms with Gasteiger partial charge in [0.25, 0.3) is 0 Å². The van der Waals surface area contributed by atoms with Crippen LogP contribution >= 0.6 is 11.8 Å². The van der Waals surface area contributed by atoms with Crippen LogP contribution in [0.1, 0.15) is 6.42 Å². The summed E-state index contributed by atoms with van der Waals surface area (Å²) < 4.78 is 5.35. The topological polar surface area (TPSA) is 53.6 Å². The first-order valence-corrected chi connectivity index (χ1v) is 9.87. The Hall–Kier alpha value is -2.02. The van der Waals surface area contributed by atoms with E-state index in [0.29, 0.717) is 19.8 Å². The number of nitrogens with zero attached hydrogens (tertiary/aromatic N) is 1. The van der Waals surface area contributed by atoms with Crippen LogP contribution in [0.5, 0.6) is 0 Å². The molecule has 1 unspecified atom stereocenters. The van der Waals surface area contributed by atoms with Crippen molar-refractivity contribution in [1.29, 1.82) is 0 Å². The number of amides is 1. The lowest BCUT2D eigenvalue weighted by Gasteiger charge is -2.32. The van der Waals surface area contributed by atoms with E-state index in [2.05, 4.69) is 64.1 Å². The lowest BCUT2D eigenvalue weighted by Crippen LogP contribution is -2.51. The molecule has 2 aliphatic heterocycles. The standard InChI is InChI=1S/C20H23N3O2S/c24-20(15-14-25-13-11-21-15)22-10-5-12-23-16-6-1-3-8-18(16)26-19-9-4-2-7-17(19)23/h1-4,6-9,15,21H,5,10-14H2,(H,22,24). The number of hydrogen-bond donors (Lipinski definition) is 2. The summed E-state index contributed by atoms with van der Waals surface area (Å²) in [5, 5.41) is 6.21. The Kier molecular flexibility index (Phi) is 5.43. The third-order valence-corrected chi connectivity index (χ3v) is 5.76. The van der Waals surface area contributed by atoms with Crippen molar-refractivity contribution in [2.75, 3.05) is 37.7 Å². The summed E-state index contributed by atoms with van der Waals surface area (Å²) in [6.07, 6.45) is 0.882. The number of nitrogens with one attached hydrogen (secondary N) is 2. The monoisotopic (exact) mass is 369 g/mol. The molecular formula is C20H23N3O2S. The molecule has 1 amide bonds. The summed E-state index contributed by atoms with van der Waals surface area (Å²) in [6.45, 7) is 3.39. The minimum atomic E-state index is -0.225. The lowest BCUT2D eigenvalue weighted by atomic mass is 10.2. The van der Waals surface area contributed by atoms with Crippen molar-refractivity contribution in [3.05, 3.63) is 48.5 Å². The molecular weight excluding hydrogens is 346 g/mol. The Morgan fingerprint density at radius 3 is 2.50 bits per heavy atom. The number of carbonyl (C=O) groups is 1. The molecule has 1 atom stereocenters. The largest absolute Gasteiger partial charge is 0.378 e. The van der Waals surface area contributed by atoms with Gasteiger partial charge in [-0.15, -0.1) is 0 Å². The second kappa shape index (κ2) is 8.12. The van der Waals surface area contributed by atoms with E-state index in [4.69, 9.17) is 4.74 Å². The lowest BCUT2D eigenvalue weighted by molar-refractivity contribution is -0.125. The highest BCUT2D eigenvalue weighted by Gasteiger charge is 2.23. The molecule has 0 saturated carbocycles. The van der Waals surface area contributed by atoms with Gasteiger partial charge in [-0.1, -0.05) is 36.0 Å². The first kappa shape index (κ1) is 17.4. The van der Waals surface area contributed by atoms with Gasteiger partial charge in [-0.05, 0) is 30.7 Å². The van der Waals surface area contributed by atoms with Gasteiger partial charge >= 0.3 is 0 Å². The Morgan fingerprint density at radius 2 is 1.85 bits per heavy atom. The first-order chi connectivity index (χ1) is 12.8. The third-order valence-electron chi connectivity index (χ3n) is 4.63. The predicted octanol–water partition coefficient (Wildman–Crippen LogP) is 2.78. The van der Waals surface area contributed by atoms with Crippen LogP contribution in [0.15, 0.2) is 58.3 Å². The molecule has 1 fully saturated rings. The number of morpholine rings is 1. The van der Waals surface area contributed by atoms with Crippen molar-refractivity contribution in [1.82, 2.24) is 10.6 Å². The van der Waals surface area contributed by atoms with Crippen molar-refractivity contribution in [3.63, 3.8) is 0 Å². The fourth-order valence-corrected chi connectivity index (χ4v) is 4.42. The Morgan fingerprint density at radius 1 is 1.15 bits per heavy atom. The van der Waals surface area contributed by atoms with Gasteiger partial charge in [-0.2, -0.15) is 0 Å². The van der Waals surface area contributed by atoms with Crippen molar-refractivity contribution in [3.8, 4) is 0 Å². The molecule has 0 spiro atoms. The zero-order valence-corrected chi connectivity index (χ0v) is 15.4.